The van der Waals surface area contributed by atoms with Gasteiger partial charge in [0.2, 0.25) is 0 Å². The summed E-state index contributed by atoms with van der Waals surface area (Å²) in [5.41, 5.74) is 0.764. The number of rotatable bonds is 1. The van der Waals surface area contributed by atoms with Gasteiger partial charge in [0, 0.05) is 5.41 Å². The fraction of sp³-hybridized carbons (Fsp3) is 0.286. The van der Waals surface area contributed by atoms with Gasteiger partial charge >= 0.3 is 0 Å². The van der Waals surface area contributed by atoms with Crippen molar-refractivity contribution >= 4 is 23.2 Å². The van der Waals surface area contributed by atoms with E-state index in [9.17, 15) is 4.39 Å². The van der Waals surface area contributed by atoms with Crippen LogP contribution in [0.3, 0.4) is 0 Å². The van der Waals surface area contributed by atoms with E-state index >= 15 is 0 Å². The number of hydrogen-bond donors (Lipinski definition) is 0. The van der Waals surface area contributed by atoms with Crippen LogP contribution in [-0.2, 0) is 5.41 Å². The van der Waals surface area contributed by atoms with E-state index in [0.717, 1.165) is 0 Å². The van der Waals surface area contributed by atoms with Crippen LogP contribution >= 0.6 is 23.2 Å². The average Bonchev–Trinajstić information content (AvgIpc) is 2.26. The van der Waals surface area contributed by atoms with Crippen molar-refractivity contribution in [1.82, 2.24) is 9.97 Å². The molecule has 0 spiro atoms. The fourth-order valence-electron chi connectivity index (χ4n) is 1.63. The number of nitrogens with zero attached hydrogens (tertiary/aromatic N) is 2. The van der Waals surface area contributed by atoms with E-state index in [2.05, 4.69) is 9.97 Å². The van der Waals surface area contributed by atoms with Crippen LogP contribution < -0.4 is 0 Å². The molecule has 0 N–H and O–H groups in total. The lowest BCUT2D eigenvalue weighted by Crippen LogP contribution is -2.16. The van der Waals surface area contributed by atoms with Crippen LogP contribution in [0.2, 0.25) is 10.3 Å². The second kappa shape index (κ2) is 5.06. The quantitative estimate of drug-likeness (QED) is 0.701. The van der Waals surface area contributed by atoms with Gasteiger partial charge in [-0.25, -0.2) is 14.4 Å². The van der Waals surface area contributed by atoms with Gasteiger partial charge in [0.05, 0.1) is 5.56 Å². The highest BCUT2D eigenvalue weighted by molar-refractivity contribution is 6.37. The first-order chi connectivity index (χ1) is 8.79. The minimum absolute atomic E-state index is 0.232. The Bertz CT molecular complexity index is 598. The Kier molecular flexibility index (Phi) is 3.79. The molecule has 0 atom stereocenters. The molecule has 2 rings (SSSR count). The molecular weight excluding hydrogens is 286 g/mol. The normalized spacial score (nSPS) is 11.7. The maximum atomic E-state index is 13.3. The van der Waals surface area contributed by atoms with Crippen LogP contribution in [0.15, 0.2) is 24.3 Å². The molecule has 0 radical (unpaired) electrons. The van der Waals surface area contributed by atoms with Gasteiger partial charge in [-0.3, -0.25) is 0 Å². The van der Waals surface area contributed by atoms with Crippen molar-refractivity contribution in [3.8, 4) is 11.1 Å². The van der Waals surface area contributed by atoms with Crippen molar-refractivity contribution < 1.29 is 4.39 Å². The summed E-state index contributed by atoms with van der Waals surface area (Å²) in [4.78, 5) is 8.52. The highest BCUT2D eigenvalue weighted by Gasteiger charge is 2.22. The minimum Gasteiger partial charge on any atom is -0.220 e. The van der Waals surface area contributed by atoms with E-state index in [4.69, 9.17) is 23.2 Å². The third kappa shape index (κ3) is 3.04. The zero-order valence-electron chi connectivity index (χ0n) is 10.8. The third-order valence-electron chi connectivity index (χ3n) is 2.60. The van der Waals surface area contributed by atoms with Crippen molar-refractivity contribution in [3.05, 3.63) is 46.2 Å². The molecular formula is C14H13Cl2FN2. The summed E-state index contributed by atoms with van der Waals surface area (Å²) in [6.07, 6.45) is 0. The van der Waals surface area contributed by atoms with Gasteiger partial charge in [-0.15, -0.1) is 0 Å². The first-order valence-corrected chi connectivity index (χ1v) is 6.54. The summed E-state index contributed by atoms with van der Waals surface area (Å²) in [5, 5.41) is 0.464. The molecule has 0 unspecified atom stereocenters. The molecule has 2 aromatic rings. The molecule has 0 amide bonds. The zero-order chi connectivity index (χ0) is 14.2. The predicted octanol–water partition coefficient (Wildman–Crippen LogP) is 4.89. The lowest BCUT2D eigenvalue weighted by molar-refractivity contribution is 0.545. The summed E-state index contributed by atoms with van der Waals surface area (Å²) in [6, 6.07) is 6.02. The summed E-state index contributed by atoms with van der Waals surface area (Å²) >= 11 is 12.3. The summed E-state index contributed by atoms with van der Waals surface area (Å²) < 4.78 is 13.3. The number of aromatic nitrogens is 2. The van der Waals surface area contributed by atoms with E-state index in [-0.39, 0.29) is 21.5 Å². The molecule has 1 heterocycles. The minimum atomic E-state index is -0.357. The topological polar surface area (TPSA) is 25.8 Å². The Hall–Kier alpha value is -1.19. The van der Waals surface area contributed by atoms with Crippen LogP contribution in [0, 0.1) is 5.82 Å². The highest BCUT2D eigenvalue weighted by atomic mass is 35.5. The molecule has 0 saturated heterocycles. The molecule has 0 aliphatic carbocycles. The van der Waals surface area contributed by atoms with Crippen molar-refractivity contribution in [1.29, 1.82) is 0 Å². The molecule has 100 valence electrons. The van der Waals surface area contributed by atoms with Gasteiger partial charge in [0.15, 0.2) is 0 Å². The van der Waals surface area contributed by atoms with Crippen LogP contribution in [0.5, 0.6) is 0 Å². The van der Waals surface area contributed by atoms with E-state index in [1.54, 1.807) is 12.1 Å². The Balaban J connectivity index is 2.60. The standard InChI is InChI=1S/C14H13Cl2FN2/c1-14(2,3)13-18-11(15)10(12(16)19-13)8-5-4-6-9(17)7-8/h4-7H,1-3H3. The number of hydrogen-bond acceptors (Lipinski definition) is 2. The molecule has 0 fully saturated rings. The Morgan fingerprint density at radius 2 is 1.63 bits per heavy atom. The van der Waals surface area contributed by atoms with Crippen molar-refractivity contribution in [2.24, 2.45) is 0 Å². The Morgan fingerprint density at radius 1 is 1.05 bits per heavy atom. The zero-order valence-corrected chi connectivity index (χ0v) is 12.3. The molecule has 1 aromatic heterocycles. The van der Waals surface area contributed by atoms with Gasteiger partial charge in [0.1, 0.15) is 21.9 Å². The molecule has 2 nitrogen and oxygen atoms in total. The SMILES string of the molecule is CC(C)(C)c1nc(Cl)c(-c2cccc(F)c2)c(Cl)n1. The van der Waals surface area contributed by atoms with Gasteiger partial charge in [-0.1, -0.05) is 56.1 Å². The van der Waals surface area contributed by atoms with E-state index in [1.807, 2.05) is 20.8 Å². The first kappa shape index (κ1) is 14.2. The third-order valence-corrected chi connectivity index (χ3v) is 3.15. The fourth-order valence-corrected chi connectivity index (χ4v) is 2.23. The van der Waals surface area contributed by atoms with E-state index < -0.39 is 0 Å². The Morgan fingerprint density at radius 3 is 2.11 bits per heavy atom. The second-order valence-electron chi connectivity index (χ2n) is 5.26. The van der Waals surface area contributed by atoms with Crippen LogP contribution in [0.1, 0.15) is 26.6 Å². The monoisotopic (exact) mass is 298 g/mol. The van der Waals surface area contributed by atoms with Crippen LogP contribution in [0.25, 0.3) is 11.1 Å². The number of benzene rings is 1. The van der Waals surface area contributed by atoms with Crippen LogP contribution in [0.4, 0.5) is 4.39 Å². The van der Waals surface area contributed by atoms with Crippen molar-refractivity contribution in [3.63, 3.8) is 0 Å². The molecule has 19 heavy (non-hydrogen) atoms. The molecule has 5 heteroatoms. The molecule has 0 bridgehead atoms. The maximum Gasteiger partial charge on any atom is 0.142 e. The van der Waals surface area contributed by atoms with Crippen molar-refractivity contribution in [2.75, 3.05) is 0 Å². The summed E-state index contributed by atoms with van der Waals surface area (Å²) in [7, 11) is 0. The number of halogens is 3. The van der Waals surface area contributed by atoms with Gasteiger partial charge in [-0.05, 0) is 17.7 Å². The predicted molar refractivity (Wildman–Crippen MR) is 76.1 cm³/mol. The Labute approximate surface area is 121 Å². The summed E-state index contributed by atoms with van der Waals surface area (Å²) in [5.74, 6) is 0.201. The average molecular weight is 299 g/mol. The lowest BCUT2D eigenvalue weighted by atomic mass is 9.95. The van der Waals surface area contributed by atoms with Crippen molar-refractivity contribution in [2.45, 2.75) is 26.2 Å². The van der Waals surface area contributed by atoms with E-state index in [0.29, 0.717) is 17.0 Å². The molecule has 0 saturated carbocycles. The molecule has 0 aliphatic heterocycles. The summed E-state index contributed by atoms with van der Waals surface area (Å²) in [6.45, 7) is 5.91. The van der Waals surface area contributed by atoms with Gasteiger partial charge in [-0.2, -0.15) is 0 Å². The van der Waals surface area contributed by atoms with Crippen LogP contribution in [-0.4, -0.2) is 9.97 Å². The largest absolute Gasteiger partial charge is 0.220 e. The smallest absolute Gasteiger partial charge is 0.142 e. The first-order valence-electron chi connectivity index (χ1n) is 5.78. The van der Waals surface area contributed by atoms with Gasteiger partial charge in [0.25, 0.3) is 0 Å². The van der Waals surface area contributed by atoms with Gasteiger partial charge < -0.3 is 0 Å². The van der Waals surface area contributed by atoms with E-state index in [1.165, 1.54) is 12.1 Å². The molecule has 1 aromatic carbocycles. The maximum absolute atomic E-state index is 13.3. The molecule has 0 aliphatic rings. The second-order valence-corrected chi connectivity index (χ2v) is 5.98. The highest BCUT2D eigenvalue weighted by Crippen LogP contribution is 2.34. The lowest BCUT2D eigenvalue weighted by Gasteiger charge is -2.18.